The predicted molar refractivity (Wildman–Crippen MR) is 115 cm³/mol. The van der Waals surface area contributed by atoms with E-state index in [1.807, 2.05) is 36.7 Å². The Labute approximate surface area is 177 Å². The standard InChI is InChI=1S/C21H21BrN4O3/c1-13-8-14(2)26(25-13)12-15-4-6-17(7-5-15)21(28)24-23-11-16-9-18(22)20(29-3)19(27)10-16/h4-11,27H,12H2,1-3H3,(H,24,28)/b23-11+. The first-order chi connectivity index (χ1) is 13.9. The van der Waals surface area contributed by atoms with Crippen LogP contribution in [-0.4, -0.2) is 34.1 Å². The highest BCUT2D eigenvalue weighted by Crippen LogP contribution is 2.34. The highest BCUT2D eigenvalue weighted by Gasteiger charge is 2.09. The van der Waals surface area contributed by atoms with Crippen LogP contribution in [0.2, 0.25) is 0 Å². The van der Waals surface area contributed by atoms with Gasteiger partial charge in [0.2, 0.25) is 0 Å². The van der Waals surface area contributed by atoms with E-state index in [1.54, 1.807) is 18.2 Å². The Morgan fingerprint density at radius 3 is 2.59 bits per heavy atom. The molecule has 0 aliphatic rings. The quantitative estimate of drug-likeness (QED) is 0.436. The van der Waals surface area contributed by atoms with Crippen LogP contribution < -0.4 is 10.2 Å². The molecule has 0 aliphatic heterocycles. The zero-order valence-corrected chi connectivity index (χ0v) is 17.9. The Kier molecular flexibility index (Phi) is 6.33. The second kappa shape index (κ2) is 8.91. The van der Waals surface area contributed by atoms with Gasteiger partial charge in [0.25, 0.3) is 5.91 Å². The van der Waals surface area contributed by atoms with Gasteiger partial charge < -0.3 is 9.84 Å². The summed E-state index contributed by atoms with van der Waals surface area (Å²) in [5, 5.41) is 18.3. The van der Waals surface area contributed by atoms with Crippen LogP contribution in [0, 0.1) is 13.8 Å². The van der Waals surface area contributed by atoms with Crippen LogP contribution in [0.25, 0.3) is 0 Å². The van der Waals surface area contributed by atoms with Gasteiger partial charge in [-0.1, -0.05) is 12.1 Å². The average molecular weight is 457 g/mol. The molecule has 0 fully saturated rings. The Bertz CT molecular complexity index is 1040. The molecule has 0 spiro atoms. The van der Waals surface area contributed by atoms with Gasteiger partial charge in [-0.15, -0.1) is 0 Å². The number of hydrogen-bond acceptors (Lipinski definition) is 5. The molecule has 8 heteroatoms. The number of rotatable bonds is 6. The van der Waals surface area contributed by atoms with Crippen molar-refractivity contribution in [3.63, 3.8) is 0 Å². The molecular weight excluding hydrogens is 436 g/mol. The number of benzene rings is 2. The number of hydrazone groups is 1. The number of methoxy groups -OCH3 is 1. The average Bonchev–Trinajstić information content (AvgIpc) is 2.99. The van der Waals surface area contributed by atoms with Crippen LogP contribution in [-0.2, 0) is 6.54 Å². The molecule has 150 valence electrons. The molecule has 0 radical (unpaired) electrons. The summed E-state index contributed by atoms with van der Waals surface area (Å²) in [6, 6.07) is 12.5. The predicted octanol–water partition coefficient (Wildman–Crippen LogP) is 3.79. The third kappa shape index (κ3) is 5.03. The van der Waals surface area contributed by atoms with Gasteiger partial charge in [-0.25, -0.2) is 5.43 Å². The van der Waals surface area contributed by atoms with E-state index < -0.39 is 0 Å². The van der Waals surface area contributed by atoms with Crippen molar-refractivity contribution in [1.82, 2.24) is 15.2 Å². The largest absolute Gasteiger partial charge is 0.504 e. The number of aromatic hydroxyl groups is 1. The number of amides is 1. The number of nitrogens with one attached hydrogen (secondary N) is 1. The summed E-state index contributed by atoms with van der Waals surface area (Å²) in [5.74, 6) is -0.00434. The number of hydrogen-bond donors (Lipinski definition) is 2. The molecule has 0 saturated heterocycles. The van der Waals surface area contributed by atoms with Crippen LogP contribution >= 0.6 is 15.9 Å². The fourth-order valence-corrected chi connectivity index (χ4v) is 3.50. The first kappa shape index (κ1) is 20.6. The van der Waals surface area contributed by atoms with Crippen LogP contribution in [0.15, 0.2) is 52.0 Å². The molecule has 0 unspecified atom stereocenters. The van der Waals surface area contributed by atoms with Gasteiger partial charge in [-0.05, 0) is 71.2 Å². The summed E-state index contributed by atoms with van der Waals surface area (Å²) < 4.78 is 7.59. The Balaban J connectivity index is 1.62. The maximum absolute atomic E-state index is 12.3. The molecule has 1 heterocycles. The summed E-state index contributed by atoms with van der Waals surface area (Å²) in [6.07, 6.45) is 1.44. The van der Waals surface area contributed by atoms with Crippen molar-refractivity contribution in [3.05, 3.63) is 75.0 Å². The van der Waals surface area contributed by atoms with Crippen molar-refractivity contribution in [2.24, 2.45) is 5.10 Å². The number of phenols is 1. The van der Waals surface area contributed by atoms with Gasteiger partial charge >= 0.3 is 0 Å². The number of ether oxygens (including phenoxy) is 1. The first-order valence-corrected chi connectivity index (χ1v) is 9.66. The van der Waals surface area contributed by atoms with Gasteiger partial charge in [-0.2, -0.15) is 10.2 Å². The third-order valence-corrected chi connectivity index (χ3v) is 4.87. The lowest BCUT2D eigenvalue weighted by atomic mass is 10.1. The van der Waals surface area contributed by atoms with Crippen molar-refractivity contribution in [3.8, 4) is 11.5 Å². The van der Waals surface area contributed by atoms with Crippen molar-refractivity contribution in [2.75, 3.05) is 7.11 Å². The SMILES string of the molecule is COc1c(O)cc(/C=N/NC(=O)c2ccc(Cn3nc(C)cc3C)cc2)cc1Br. The zero-order valence-electron chi connectivity index (χ0n) is 16.3. The van der Waals surface area contributed by atoms with Crippen LogP contribution in [0.1, 0.15) is 32.9 Å². The van der Waals surface area contributed by atoms with Gasteiger partial charge in [-0.3, -0.25) is 9.48 Å². The van der Waals surface area contributed by atoms with Crippen molar-refractivity contribution >= 4 is 28.1 Å². The summed E-state index contributed by atoms with van der Waals surface area (Å²) in [4.78, 5) is 12.3. The maximum atomic E-state index is 12.3. The van der Waals surface area contributed by atoms with E-state index in [4.69, 9.17) is 4.74 Å². The normalized spacial score (nSPS) is 11.0. The lowest BCUT2D eigenvalue weighted by Gasteiger charge is -2.07. The van der Waals surface area contributed by atoms with E-state index in [0.29, 0.717) is 27.9 Å². The Morgan fingerprint density at radius 1 is 1.28 bits per heavy atom. The molecule has 2 N–H and O–H groups in total. The fraction of sp³-hybridized carbons (Fsp3) is 0.190. The highest BCUT2D eigenvalue weighted by atomic mass is 79.9. The number of aryl methyl sites for hydroxylation is 2. The molecule has 3 rings (SSSR count). The summed E-state index contributed by atoms with van der Waals surface area (Å²) in [5.41, 5.74) is 6.71. The minimum Gasteiger partial charge on any atom is -0.504 e. The highest BCUT2D eigenvalue weighted by molar-refractivity contribution is 9.10. The van der Waals surface area contributed by atoms with Gasteiger partial charge in [0, 0.05) is 11.3 Å². The number of halogens is 1. The number of phenolic OH excluding ortho intramolecular Hbond substituents is 1. The third-order valence-electron chi connectivity index (χ3n) is 4.28. The molecule has 7 nitrogen and oxygen atoms in total. The minimum absolute atomic E-state index is 0.0205. The van der Waals surface area contributed by atoms with Crippen LogP contribution in [0.5, 0.6) is 11.5 Å². The molecular formula is C21H21BrN4O3. The van der Waals surface area contributed by atoms with Crippen molar-refractivity contribution < 1.29 is 14.6 Å². The van der Waals surface area contributed by atoms with E-state index in [1.165, 1.54) is 19.4 Å². The lowest BCUT2D eigenvalue weighted by molar-refractivity contribution is 0.0955. The maximum Gasteiger partial charge on any atom is 0.271 e. The van der Waals surface area contributed by atoms with E-state index in [9.17, 15) is 9.90 Å². The molecule has 29 heavy (non-hydrogen) atoms. The number of nitrogens with zero attached hydrogens (tertiary/aromatic N) is 3. The molecule has 0 aliphatic carbocycles. The smallest absolute Gasteiger partial charge is 0.271 e. The first-order valence-electron chi connectivity index (χ1n) is 8.87. The lowest BCUT2D eigenvalue weighted by Crippen LogP contribution is -2.17. The summed E-state index contributed by atoms with van der Waals surface area (Å²) in [7, 11) is 1.47. The topological polar surface area (TPSA) is 88.7 Å². The second-order valence-corrected chi connectivity index (χ2v) is 7.39. The van der Waals surface area contributed by atoms with Crippen molar-refractivity contribution in [2.45, 2.75) is 20.4 Å². The molecule has 1 amide bonds. The summed E-state index contributed by atoms with van der Waals surface area (Å²) >= 11 is 3.31. The van der Waals surface area contributed by atoms with Gasteiger partial charge in [0.1, 0.15) is 0 Å². The fourth-order valence-electron chi connectivity index (χ4n) is 2.88. The monoisotopic (exact) mass is 456 g/mol. The molecule has 3 aromatic rings. The molecule has 0 saturated carbocycles. The molecule has 0 atom stereocenters. The summed E-state index contributed by atoms with van der Waals surface area (Å²) in [6.45, 7) is 4.62. The molecule has 1 aromatic heterocycles. The van der Waals surface area contributed by atoms with E-state index in [2.05, 4.69) is 31.6 Å². The van der Waals surface area contributed by atoms with E-state index >= 15 is 0 Å². The van der Waals surface area contributed by atoms with Crippen LogP contribution in [0.3, 0.4) is 0 Å². The van der Waals surface area contributed by atoms with E-state index in [0.717, 1.165) is 17.0 Å². The van der Waals surface area contributed by atoms with Crippen LogP contribution in [0.4, 0.5) is 0 Å². The van der Waals surface area contributed by atoms with Gasteiger partial charge in [0.15, 0.2) is 11.5 Å². The van der Waals surface area contributed by atoms with E-state index in [-0.39, 0.29) is 11.7 Å². The van der Waals surface area contributed by atoms with Crippen molar-refractivity contribution in [1.29, 1.82) is 0 Å². The number of carbonyl (C=O) groups excluding carboxylic acids is 1. The van der Waals surface area contributed by atoms with Gasteiger partial charge in [0.05, 0.1) is 30.0 Å². The second-order valence-electron chi connectivity index (χ2n) is 6.54. The Hall–Kier alpha value is -3.13. The Morgan fingerprint density at radius 2 is 2.00 bits per heavy atom. The zero-order chi connectivity index (χ0) is 21.0. The minimum atomic E-state index is -0.323. The molecule has 0 bridgehead atoms. The number of carbonyl (C=O) groups is 1. The molecule has 2 aromatic carbocycles. The number of aromatic nitrogens is 2.